The third-order valence-corrected chi connectivity index (χ3v) is 5.56. The molecular formula is C22H27N5O3. The Morgan fingerprint density at radius 2 is 2.00 bits per heavy atom. The van der Waals surface area contributed by atoms with Gasteiger partial charge in [-0.15, -0.1) is 0 Å². The minimum Gasteiger partial charge on any atom is -0.343 e. The summed E-state index contributed by atoms with van der Waals surface area (Å²) in [5.41, 5.74) is 0.566. The third kappa shape index (κ3) is 5.03. The molecule has 3 rings (SSSR count). The molecule has 0 radical (unpaired) electrons. The zero-order valence-corrected chi connectivity index (χ0v) is 17.5. The molecule has 1 aromatic heterocycles. The van der Waals surface area contributed by atoms with Crippen molar-refractivity contribution in [2.24, 2.45) is 0 Å². The number of hydrogen-bond acceptors (Lipinski definition) is 6. The zero-order valence-electron chi connectivity index (χ0n) is 17.5. The molecule has 0 spiro atoms. The first-order chi connectivity index (χ1) is 14.4. The first-order valence-corrected chi connectivity index (χ1v) is 10.3. The number of hydrogen-bond donors (Lipinski definition) is 1. The predicted octanol–water partition coefficient (Wildman–Crippen LogP) is 3.22. The van der Waals surface area contributed by atoms with Crippen LogP contribution in [-0.4, -0.2) is 29.0 Å². The number of benzene rings is 1. The van der Waals surface area contributed by atoms with Crippen molar-refractivity contribution < 1.29 is 14.1 Å². The van der Waals surface area contributed by atoms with Gasteiger partial charge in [0.1, 0.15) is 5.54 Å². The number of rotatable bonds is 6. The van der Waals surface area contributed by atoms with Gasteiger partial charge in [-0.05, 0) is 31.0 Å². The van der Waals surface area contributed by atoms with Gasteiger partial charge in [0.2, 0.25) is 17.7 Å². The molecule has 1 N–H and O–H groups in total. The average Bonchev–Trinajstić information content (AvgIpc) is 3.11. The van der Waals surface area contributed by atoms with Crippen LogP contribution in [0.2, 0.25) is 0 Å². The van der Waals surface area contributed by atoms with Crippen LogP contribution in [0, 0.1) is 11.3 Å². The maximum absolute atomic E-state index is 12.6. The maximum atomic E-state index is 12.6. The largest absolute Gasteiger partial charge is 0.343 e. The van der Waals surface area contributed by atoms with Gasteiger partial charge < -0.3 is 14.7 Å². The SMILES string of the molecule is CC(=O)NC1(c2noc(CCC(=O)N(C)c3cccc(C#N)c3)n2)CCCCCC1. The Labute approximate surface area is 176 Å². The standard InChI is InChI=1S/C22H27N5O3/c1-16(28)25-22(12-5-3-4-6-13-22)21-24-19(30-26-21)10-11-20(29)27(2)18-9-7-8-17(14-18)15-23/h7-9,14H,3-6,10-13H2,1-2H3,(H,25,28). The number of nitrogens with one attached hydrogen (secondary N) is 1. The molecule has 0 atom stereocenters. The monoisotopic (exact) mass is 409 g/mol. The number of carbonyl (C=O) groups excluding carboxylic acids is 2. The van der Waals surface area contributed by atoms with Crippen molar-refractivity contribution in [1.29, 1.82) is 5.26 Å². The van der Waals surface area contributed by atoms with Crippen LogP contribution in [0.1, 0.15) is 69.1 Å². The number of nitriles is 1. The van der Waals surface area contributed by atoms with Gasteiger partial charge in [0.15, 0.2) is 5.82 Å². The Kier molecular flexibility index (Phi) is 6.83. The molecule has 0 aliphatic heterocycles. The second kappa shape index (κ2) is 9.53. The first-order valence-electron chi connectivity index (χ1n) is 10.3. The number of amides is 2. The molecule has 0 saturated heterocycles. The quantitative estimate of drug-likeness (QED) is 0.733. The van der Waals surface area contributed by atoms with Crippen molar-refractivity contribution in [1.82, 2.24) is 15.5 Å². The van der Waals surface area contributed by atoms with E-state index in [1.165, 1.54) is 11.8 Å². The number of aryl methyl sites for hydroxylation is 1. The summed E-state index contributed by atoms with van der Waals surface area (Å²) in [5, 5.41) is 16.2. The molecule has 2 aromatic rings. The molecule has 1 aliphatic rings. The maximum Gasteiger partial charge on any atom is 0.227 e. The van der Waals surface area contributed by atoms with E-state index in [0.717, 1.165) is 38.5 Å². The molecule has 2 amide bonds. The third-order valence-electron chi connectivity index (χ3n) is 5.56. The van der Waals surface area contributed by atoms with Crippen molar-refractivity contribution in [2.75, 3.05) is 11.9 Å². The van der Waals surface area contributed by atoms with E-state index in [1.807, 2.05) is 0 Å². The molecular weight excluding hydrogens is 382 g/mol. The average molecular weight is 409 g/mol. The van der Waals surface area contributed by atoms with Crippen LogP contribution in [0.4, 0.5) is 5.69 Å². The van der Waals surface area contributed by atoms with Crippen LogP contribution >= 0.6 is 0 Å². The first kappa shape index (κ1) is 21.5. The van der Waals surface area contributed by atoms with Gasteiger partial charge in [-0.25, -0.2) is 0 Å². The van der Waals surface area contributed by atoms with E-state index in [4.69, 9.17) is 9.78 Å². The van der Waals surface area contributed by atoms with E-state index in [-0.39, 0.29) is 18.2 Å². The normalized spacial score (nSPS) is 15.6. The lowest BCUT2D eigenvalue weighted by atomic mass is 9.89. The second-order valence-corrected chi connectivity index (χ2v) is 7.80. The Balaban J connectivity index is 1.67. The van der Waals surface area contributed by atoms with Crippen LogP contribution in [0.5, 0.6) is 0 Å². The van der Waals surface area contributed by atoms with E-state index in [1.54, 1.807) is 31.3 Å². The molecule has 1 aromatic carbocycles. The van der Waals surface area contributed by atoms with Crippen LogP contribution < -0.4 is 10.2 Å². The minimum atomic E-state index is -0.595. The van der Waals surface area contributed by atoms with E-state index in [9.17, 15) is 9.59 Å². The van der Waals surface area contributed by atoms with Gasteiger partial charge in [0.25, 0.3) is 0 Å². The fourth-order valence-electron chi connectivity index (χ4n) is 3.93. The summed E-state index contributed by atoms with van der Waals surface area (Å²) in [4.78, 5) is 30.4. The topological polar surface area (TPSA) is 112 Å². The molecule has 1 aliphatic carbocycles. The zero-order chi connectivity index (χ0) is 21.6. The van der Waals surface area contributed by atoms with Crippen molar-refractivity contribution in [3.63, 3.8) is 0 Å². The van der Waals surface area contributed by atoms with Crippen molar-refractivity contribution in [2.45, 2.75) is 63.8 Å². The van der Waals surface area contributed by atoms with Gasteiger partial charge in [0, 0.05) is 32.5 Å². The van der Waals surface area contributed by atoms with E-state index in [2.05, 4.69) is 21.5 Å². The van der Waals surface area contributed by atoms with E-state index < -0.39 is 5.54 Å². The molecule has 158 valence electrons. The summed E-state index contributed by atoms with van der Waals surface area (Å²) in [6, 6.07) is 8.97. The van der Waals surface area contributed by atoms with Gasteiger partial charge in [0.05, 0.1) is 11.6 Å². The number of aromatic nitrogens is 2. The summed E-state index contributed by atoms with van der Waals surface area (Å²) in [5.74, 6) is 0.652. The molecule has 1 fully saturated rings. The van der Waals surface area contributed by atoms with Crippen LogP contribution in [0.3, 0.4) is 0 Å². The molecule has 30 heavy (non-hydrogen) atoms. The summed E-state index contributed by atoms with van der Waals surface area (Å²) < 4.78 is 5.41. The Hall–Kier alpha value is -3.21. The summed E-state index contributed by atoms with van der Waals surface area (Å²) in [6.45, 7) is 1.50. The smallest absolute Gasteiger partial charge is 0.227 e. The van der Waals surface area contributed by atoms with Gasteiger partial charge >= 0.3 is 0 Å². The second-order valence-electron chi connectivity index (χ2n) is 7.80. The molecule has 0 bridgehead atoms. The summed E-state index contributed by atoms with van der Waals surface area (Å²) in [7, 11) is 1.68. The summed E-state index contributed by atoms with van der Waals surface area (Å²) in [6.07, 6.45) is 6.31. The molecule has 1 heterocycles. The Bertz CT molecular complexity index is 938. The number of carbonyl (C=O) groups is 2. The van der Waals surface area contributed by atoms with E-state index >= 15 is 0 Å². The fraction of sp³-hybridized carbons (Fsp3) is 0.500. The van der Waals surface area contributed by atoms with Gasteiger partial charge in [-0.2, -0.15) is 10.2 Å². The molecule has 8 nitrogen and oxygen atoms in total. The van der Waals surface area contributed by atoms with E-state index in [0.29, 0.717) is 29.4 Å². The highest BCUT2D eigenvalue weighted by Crippen LogP contribution is 2.34. The van der Waals surface area contributed by atoms with Crippen molar-refractivity contribution in [3.8, 4) is 6.07 Å². The highest BCUT2D eigenvalue weighted by molar-refractivity contribution is 5.93. The molecule has 8 heteroatoms. The van der Waals surface area contributed by atoms with Crippen LogP contribution in [0.25, 0.3) is 0 Å². The molecule has 1 saturated carbocycles. The fourth-order valence-corrected chi connectivity index (χ4v) is 3.93. The lowest BCUT2D eigenvalue weighted by Gasteiger charge is -2.30. The minimum absolute atomic E-state index is 0.111. The van der Waals surface area contributed by atoms with Crippen LogP contribution in [-0.2, 0) is 21.5 Å². The highest BCUT2D eigenvalue weighted by Gasteiger charge is 2.38. The Morgan fingerprint density at radius 1 is 1.27 bits per heavy atom. The van der Waals surface area contributed by atoms with Crippen molar-refractivity contribution >= 4 is 17.5 Å². The van der Waals surface area contributed by atoms with Gasteiger partial charge in [-0.1, -0.05) is 36.9 Å². The van der Waals surface area contributed by atoms with Crippen LogP contribution in [0.15, 0.2) is 28.8 Å². The predicted molar refractivity (Wildman–Crippen MR) is 110 cm³/mol. The Morgan fingerprint density at radius 3 is 2.67 bits per heavy atom. The lowest BCUT2D eigenvalue weighted by molar-refractivity contribution is -0.121. The van der Waals surface area contributed by atoms with Gasteiger partial charge in [-0.3, -0.25) is 9.59 Å². The molecule has 0 unspecified atom stereocenters. The number of nitrogens with zero attached hydrogens (tertiary/aromatic N) is 4. The lowest BCUT2D eigenvalue weighted by Crippen LogP contribution is -2.45. The highest BCUT2D eigenvalue weighted by atomic mass is 16.5. The summed E-state index contributed by atoms with van der Waals surface area (Å²) >= 11 is 0. The van der Waals surface area contributed by atoms with Crippen molar-refractivity contribution in [3.05, 3.63) is 41.5 Å². The number of anilines is 1.